The van der Waals surface area contributed by atoms with Crippen LogP contribution in [0.3, 0.4) is 0 Å². The zero-order valence-corrected chi connectivity index (χ0v) is 14.2. The molecule has 1 aromatic rings. The highest BCUT2D eigenvalue weighted by molar-refractivity contribution is 8.41. The van der Waals surface area contributed by atoms with Gasteiger partial charge in [0.15, 0.2) is 0 Å². The van der Waals surface area contributed by atoms with Gasteiger partial charge in [-0.25, -0.2) is 0 Å². The zero-order chi connectivity index (χ0) is 15.9. The van der Waals surface area contributed by atoms with Gasteiger partial charge in [-0.3, -0.25) is 9.59 Å². The molecule has 0 unspecified atom stereocenters. The minimum atomic E-state index is -0.230. The molecule has 6 heteroatoms. The summed E-state index contributed by atoms with van der Waals surface area (Å²) in [6.07, 6.45) is 1.83. The van der Waals surface area contributed by atoms with E-state index in [4.69, 9.17) is 0 Å². The first-order valence-electron chi connectivity index (χ1n) is 7.12. The number of hydrogen-bond acceptors (Lipinski definition) is 4. The van der Waals surface area contributed by atoms with Crippen LogP contribution in [0.4, 0.5) is 0 Å². The summed E-state index contributed by atoms with van der Waals surface area (Å²) in [6.45, 7) is 5.32. The summed E-state index contributed by atoms with van der Waals surface area (Å²) in [5, 5.41) is 0. The van der Waals surface area contributed by atoms with Crippen molar-refractivity contribution < 1.29 is 9.59 Å². The van der Waals surface area contributed by atoms with Crippen molar-refractivity contribution in [2.24, 2.45) is 4.99 Å². The third-order valence-corrected chi connectivity index (χ3v) is 5.24. The molecular formula is C16H18N2O2S2. The average Bonchev–Trinajstić information content (AvgIpc) is 2.87. The second-order valence-electron chi connectivity index (χ2n) is 4.56. The van der Waals surface area contributed by atoms with Crippen LogP contribution in [0.1, 0.15) is 19.4 Å². The molecule has 1 aromatic carbocycles. The highest BCUT2D eigenvalue weighted by Crippen LogP contribution is 2.33. The van der Waals surface area contributed by atoms with Crippen molar-refractivity contribution in [2.75, 3.05) is 18.8 Å². The molecule has 0 saturated carbocycles. The van der Waals surface area contributed by atoms with E-state index in [9.17, 15) is 9.59 Å². The molecule has 1 heterocycles. The van der Waals surface area contributed by atoms with Crippen molar-refractivity contribution >= 4 is 45.8 Å². The summed E-state index contributed by atoms with van der Waals surface area (Å²) in [4.78, 5) is 30.2. The van der Waals surface area contributed by atoms with Crippen molar-refractivity contribution in [1.29, 1.82) is 0 Å². The van der Waals surface area contributed by atoms with Crippen molar-refractivity contribution in [3.05, 3.63) is 40.8 Å². The molecule has 0 aromatic heterocycles. The van der Waals surface area contributed by atoms with Crippen LogP contribution in [0.15, 0.2) is 40.2 Å². The smallest absolute Gasteiger partial charge is 0.285 e. The summed E-state index contributed by atoms with van der Waals surface area (Å²) >= 11 is 2.67. The lowest BCUT2D eigenvalue weighted by Gasteiger charge is -2.17. The Morgan fingerprint density at radius 3 is 2.59 bits per heavy atom. The van der Waals surface area contributed by atoms with E-state index in [0.29, 0.717) is 28.1 Å². The Balaban J connectivity index is 1.93. The zero-order valence-electron chi connectivity index (χ0n) is 12.6. The number of hydrogen-bond donors (Lipinski definition) is 0. The van der Waals surface area contributed by atoms with Gasteiger partial charge in [-0.1, -0.05) is 53.9 Å². The fourth-order valence-electron chi connectivity index (χ4n) is 1.94. The molecule has 22 heavy (non-hydrogen) atoms. The third-order valence-electron chi connectivity index (χ3n) is 3.13. The van der Waals surface area contributed by atoms with E-state index in [1.54, 1.807) is 4.90 Å². The molecule has 0 fully saturated rings. The first-order chi connectivity index (χ1) is 10.6. The standard InChI is InChI=1S/C16H18N2O2S2/c1-3-18(4-2)14(19)11-21-16-17-15(20)13(22-16)10-12-8-6-5-7-9-12/h5-10H,3-4,11H2,1-2H3. The number of carbonyl (C=O) groups excluding carboxylic acids is 2. The molecule has 2 amide bonds. The number of benzene rings is 1. The van der Waals surface area contributed by atoms with E-state index in [-0.39, 0.29) is 11.8 Å². The van der Waals surface area contributed by atoms with Gasteiger partial charge in [0.1, 0.15) is 4.38 Å². The van der Waals surface area contributed by atoms with Crippen molar-refractivity contribution in [2.45, 2.75) is 13.8 Å². The van der Waals surface area contributed by atoms with Crippen LogP contribution in [-0.2, 0) is 9.59 Å². The highest BCUT2D eigenvalue weighted by Gasteiger charge is 2.23. The average molecular weight is 334 g/mol. The van der Waals surface area contributed by atoms with Crippen LogP contribution >= 0.6 is 23.5 Å². The predicted molar refractivity (Wildman–Crippen MR) is 94.8 cm³/mol. The van der Waals surface area contributed by atoms with E-state index in [1.807, 2.05) is 50.3 Å². The maximum Gasteiger partial charge on any atom is 0.285 e. The van der Waals surface area contributed by atoms with Gasteiger partial charge >= 0.3 is 0 Å². The van der Waals surface area contributed by atoms with Crippen LogP contribution < -0.4 is 0 Å². The number of carbonyl (C=O) groups is 2. The maximum atomic E-state index is 12.0. The Morgan fingerprint density at radius 2 is 1.95 bits per heavy atom. The number of aliphatic imine (C=N–C) groups is 1. The molecule has 0 N–H and O–H groups in total. The second-order valence-corrected chi connectivity index (χ2v) is 6.81. The first kappa shape index (κ1) is 16.8. The topological polar surface area (TPSA) is 49.7 Å². The van der Waals surface area contributed by atoms with E-state index in [0.717, 1.165) is 5.56 Å². The fraction of sp³-hybridized carbons (Fsp3) is 0.312. The molecule has 1 aliphatic heterocycles. The first-order valence-corrected chi connectivity index (χ1v) is 8.92. The van der Waals surface area contributed by atoms with Crippen LogP contribution in [0, 0.1) is 0 Å². The SMILES string of the molecule is CCN(CC)C(=O)CSC1=NC(=O)C(=Cc2ccccc2)S1. The minimum absolute atomic E-state index is 0.0752. The third kappa shape index (κ3) is 4.48. The van der Waals surface area contributed by atoms with Gasteiger partial charge in [-0.2, -0.15) is 4.99 Å². The Morgan fingerprint density at radius 1 is 1.27 bits per heavy atom. The van der Waals surface area contributed by atoms with Gasteiger partial charge in [0.05, 0.1) is 10.7 Å². The molecule has 4 nitrogen and oxygen atoms in total. The molecule has 2 rings (SSSR count). The molecule has 0 spiro atoms. The van der Waals surface area contributed by atoms with Gasteiger partial charge in [0, 0.05) is 13.1 Å². The molecule has 0 saturated heterocycles. The lowest BCUT2D eigenvalue weighted by atomic mass is 10.2. The van der Waals surface area contributed by atoms with E-state index in [2.05, 4.69) is 4.99 Å². The van der Waals surface area contributed by atoms with Crippen molar-refractivity contribution in [3.8, 4) is 0 Å². The lowest BCUT2D eigenvalue weighted by Crippen LogP contribution is -2.32. The van der Waals surface area contributed by atoms with E-state index < -0.39 is 0 Å². The van der Waals surface area contributed by atoms with Gasteiger partial charge in [0.25, 0.3) is 5.91 Å². The Bertz CT molecular complexity index is 608. The van der Waals surface area contributed by atoms with E-state index in [1.165, 1.54) is 23.5 Å². The van der Waals surface area contributed by atoms with Crippen LogP contribution in [0.25, 0.3) is 6.08 Å². The number of nitrogens with zero attached hydrogens (tertiary/aromatic N) is 2. The van der Waals surface area contributed by atoms with Crippen LogP contribution in [-0.4, -0.2) is 39.9 Å². The molecule has 0 bridgehead atoms. The molecule has 0 radical (unpaired) electrons. The van der Waals surface area contributed by atoms with Crippen LogP contribution in [0.2, 0.25) is 0 Å². The summed E-state index contributed by atoms with van der Waals surface area (Å²) in [5.41, 5.74) is 0.971. The largest absolute Gasteiger partial charge is 0.343 e. The second kappa shape index (κ2) is 8.19. The molecule has 0 atom stereocenters. The van der Waals surface area contributed by atoms with Gasteiger partial charge < -0.3 is 4.90 Å². The predicted octanol–water partition coefficient (Wildman–Crippen LogP) is 3.26. The van der Waals surface area contributed by atoms with Crippen molar-refractivity contribution in [1.82, 2.24) is 4.90 Å². The number of amides is 2. The van der Waals surface area contributed by atoms with Gasteiger partial charge in [-0.15, -0.1) is 0 Å². The minimum Gasteiger partial charge on any atom is -0.343 e. The molecule has 116 valence electrons. The number of thioether (sulfide) groups is 2. The quantitative estimate of drug-likeness (QED) is 0.776. The lowest BCUT2D eigenvalue weighted by molar-refractivity contribution is -0.128. The molecular weight excluding hydrogens is 316 g/mol. The van der Waals surface area contributed by atoms with E-state index >= 15 is 0 Å². The normalized spacial score (nSPS) is 16.0. The highest BCUT2D eigenvalue weighted by atomic mass is 32.2. The monoisotopic (exact) mass is 334 g/mol. The van der Waals surface area contributed by atoms with Gasteiger partial charge in [0.2, 0.25) is 5.91 Å². The fourth-order valence-corrected chi connectivity index (χ4v) is 3.85. The molecule has 1 aliphatic rings. The summed E-state index contributed by atoms with van der Waals surface area (Å²) in [5.74, 6) is 0.164. The Labute approximate surface area is 139 Å². The Hall–Kier alpha value is -1.53. The Kier molecular flexibility index (Phi) is 6.27. The summed E-state index contributed by atoms with van der Waals surface area (Å²) < 4.78 is 0.646. The number of rotatable bonds is 5. The van der Waals surface area contributed by atoms with Crippen LogP contribution in [0.5, 0.6) is 0 Å². The summed E-state index contributed by atoms with van der Waals surface area (Å²) in [7, 11) is 0. The molecule has 0 aliphatic carbocycles. The van der Waals surface area contributed by atoms with Gasteiger partial charge in [-0.05, 0) is 25.5 Å². The maximum absolute atomic E-state index is 12.0. The summed E-state index contributed by atoms with van der Waals surface area (Å²) in [6, 6.07) is 9.67. The van der Waals surface area contributed by atoms with Crippen molar-refractivity contribution in [3.63, 3.8) is 0 Å².